The molecular formula is C19H27N3O3. The first-order valence-corrected chi connectivity index (χ1v) is 8.48. The fourth-order valence-electron chi connectivity index (χ4n) is 2.48. The molecule has 6 nitrogen and oxygen atoms in total. The highest BCUT2D eigenvalue weighted by atomic mass is 16.5. The number of amides is 1. The van der Waals surface area contributed by atoms with E-state index in [4.69, 9.17) is 10.5 Å². The molecule has 2 rings (SSSR count). The summed E-state index contributed by atoms with van der Waals surface area (Å²) < 4.78 is 7.45. The van der Waals surface area contributed by atoms with Gasteiger partial charge in [0.25, 0.3) is 5.91 Å². The number of hydrogen-bond acceptors (Lipinski definition) is 4. The van der Waals surface area contributed by atoms with E-state index in [0.29, 0.717) is 19.6 Å². The van der Waals surface area contributed by atoms with Crippen LogP contribution in [0.15, 0.2) is 36.8 Å². The Morgan fingerprint density at radius 3 is 2.80 bits per heavy atom. The quantitative estimate of drug-likeness (QED) is 0.719. The lowest BCUT2D eigenvalue weighted by molar-refractivity contribution is 0.0995. The van der Waals surface area contributed by atoms with Crippen molar-refractivity contribution in [1.82, 2.24) is 9.55 Å². The molecule has 0 aliphatic carbocycles. The van der Waals surface area contributed by atoms with Gasteiger partial charge in [-0.15, -0.1) is 0 Å². The van der Waals surface area contributed by atoms with Gasteiger partial charge >= 0.3 is 0 Å². The van der Waals surface area contributed by atoms with Crippen LogP contribution in [0.1, 0.15) is 49.7 Å². The molecule has 0 saturated carbocycles. The van der Waals surface area contributed by atoms with Gasteiger partial charge in [-0.1, -0.05) is 32.9 Å². The second-order valence-electron chi connectivity index (χ2n) is 7.24. The third-order valence-electron chi connectivity index (χ3n) is 3.96. The van der Waals surface area contributed by atoms with Crippen molar-refractivity contribution in [3.8, 4) is 5.75 Å². The maximum Gasteiger partial charge on any atom is 0.268 e. The summed E-state index contributed by atoms with van der Waals surface area (Å²) in [6.45, 7) is 7.42. The van der Waals surface area contributed by atoms with Crippen LogP contribution in [0, 0.1) is 0 Å². The van der Waals surface area contributed by atoms with Crippen LogP contribution in [0.4, 0.5) is 0 Å². The average Bonchev–Trinajstić information content (AvgIpc) is 3.00. The number of carbonyl (C=O) groups excluding carboxylic acids is 1. The molecule has 1 unspecified atom stereocenters. The molecule has 1 atom stereocenters. The van der Waals surface area contributed by atoms with Crippen LogP contribution in [0.25, 0.3) is 0 Å². The Labute approximate surface area is 148 Å². The van der Waals surface area contributed by atoms with Gasteiger partial charge in [0, 0.05) is 12.7 Å². The van der Waals surface area contributed by atoms with Crippen molar-refractivity contribution in [3.63, 3.8) is 0 Å². The largest absolute Gasteiger partial charge is 0.494 e. The first-order valence-electron chi connectivity index (χ1n) is 8.48. The van der Waals surface area contributed by atoms with Crippen molar-refractivity contribution < 1.29 is 14.6 Å². The third kappa shape index (κ3) is 5.90. The van der Waals surface area contributed by atoms with E-state index in [-0.39, 0.29) is 11.1 Å². The molecule has 0 spiro atoms. The monoisotopic (exact) mass is 345 g/mol. The minimum Gasteiger partial charge on any atom is -0.494 e. The van der Waals surface area contributed by atoms with Crippen molar-refractivity contribution >= 4 is 5.91 Å². The van der Waals surface area contributed by atoms with Crippen LogP contribution < -0.4 is 10.5 Å². The topological polar surface area (TPSA) is 90.4 Å². The van der Waals surface area contributed by atoms with E-state index in [2.05, 4.69) is 37.9 Å². The summed E-state index contributed by atoms with van der Waals surface area (Å²) in [5, 5.41) is 10.1. The third-order valence-corrected chi connectivity index (χ3v) is 3.96. The Balaban J connectivity index is 1.74. The van der Waals surface area contributed by atoms with Crippen LogP contribution in [-0.2, 0) is 12.0 Å². The molecule has 1 amide bonds. The number of primary amides is 1. The fourth-order valence-corrected chi connectivity index (χ4v) is 2.48. The van der Waals surface area contributed by atoms with E-state index in [9.17, 15) is 9.90 Å². The number of ether oxygens (including phenoxy) is 1. The predicted octanol–water partition coefficient (Wildman–Crippen LogP) is 2.50. The lowest BCUT2D eigenvalue weighted by Crippen LogP contribution is -2.16. The molecule has 25 heavy (non-hydrogen) atoms. The maximum atomic E-state index is 11.0. The zero-order valence-corrected chi connectivity index (χ0v) is 15.1. The summed E-state index contributed by atoms with van der Waals surface area (Å²) in [7, 11) is 0. The Morgan fingerprint density at radius 1 is 1.40 bits per heavy atom. The molecule has 0 aliphatic heterocycles. The highest BCUT2D eigenvalue weighted by Gasteiger charge is 2.14. The van der Waals surface area contributed by atoms with Crippen molar-refractivity contribution in [1.29, 1.82) is 0 Å². The molecule has 0 aliphatic rings. The van der Waals surface area contributed by atoms with Gasteiger partial charge in [0.15, 0.2) is 0 Å². The number of hydrogen-bond donors (Lipinski definition) is 2. The number of rotatable bonds is 8. The van der Waals surface area contributed by atoms with Gasteiger partial charge in [0.05, 0.1) is 19.0 Å². The van der Waals surface area contributed by atoms with E-state index in [0.717, 1.165) is 12.2 Å². The van der Waals surface area contributed by atoms with Crippen LogP contribution in [-0.4, -0.2) is 33.3 Å². The summed E-state index contributed by atoms with van der Waals surface area (Å²) in [6.07, 6.45) is 3.85. The molecule has 2 aromatic rings. The number of benzene rings is 1. The van der Waals surface area contributed by atoms with Crippen molar-refractivity contribution in [2.75, 3.05) is 6.61 Å². The lowest BCUT2D eigenvalue weighted by Gasteiger charge is -2.20. The van der Waals surface area contributed by atoms with Crippen LogP contribution in [0.5, 0.6) is 5.75 Å². The molecule has 1 aromatic heterocycles. The second kappa shape index (κ2) is 8.16. The maximum absolute atomic E-state index is 11.0. The van der Waals surface area contributed by atoms with Crippen molar-refractivity contribution in [2.45, 2.75) is 51.7 Å². The Bertz CT molecular complexity index is 704. The van der Waals surface area contributed by atoms with Gasteiger partial charge in [0.1, 0.15) is 11.4 Å². The number of carbonyl (C=O) groups is 1. The number of aliphatic hydroxyl groups is 1. The number of nitrogens with zero attached hydrogens (tertiary/aromatic N) is 2. The zero-order valence-electron chi connectivity index (χ0n) is 15.1. The van der Waals surface area contributed by atoms with E-state index < -0.39 is 12.0 Å². The first kappa shape index (κ1) is 19.0. The van der Waals surface area contributed by atoms with E-state index in [1.54, 1.807) is 10.8 Å². The number of imidazole rings is 1. The Kier molecular flexibility index (Phi) is 6.20. The highest BCUT2D eigenvalue weighted by Crippen LogP contribution is 2.25. The van der Waals surface area contributed by atoms with Gasteiger partial charge in [0.2, 0.25) is 0 Å². The van der Waals surface area contributed by atoms with E-state index in [1.807, 2.05) is 12.1 Å². The molecule has 1 heterocycles. The molecule has 0 fully saturated rings. The van der Waals surface area contributed by atoms with E-state index in [1.165, 1.54) is 11.9 Å². The molecule has 0 bridgehead atoms. The number of nitrogens with two attached hydrogens (primary N) is 1. The molecule has 0 saturated heterocycles. The molecule has 136 valence electrons. The van der Waals surface area contributed by atoms with E-state index >= 15 is 0 Å². The SMILES string of the molecule is CC(C)(C)c1cccc(OCCCC(O)Cn2cnc(C(N)=O)c2)c1. The van der Waals surface area contributed by atoms with Gasteiger partial charge in [-0.3, -0.25) is 4.79 Å². The summed E-state index contributed by atoms with van der Waals surface area (Å²) >= 11 is 0. The first-order chi connectivity index (χ1) is 11.8. The summed E-state index contributed by atoms with van der Waals surface area (Å²) in [4.78, 5) is 14.9. The van der Waals surface area contributed by atoms with Crippen molar-refractivity contribution in [3.05, 3.63) is 48.0 Å². The second-order valence-corrected chi connectivity index (χ2v) is 7.24. The van der Waals surface area contributed by atoms with Gasteiger partial charge in [-0.25, -0.2) is 4.98 Å². The molecule has 6 heteroatoms. The molecule has 3 N–H and O–H groups in total. The number of aliphatic hydroxyl groups excluding tert-OH is 1. The van der Waals surface area contributed by atoms with Gasteiger partial charge < -0.3 is 20.1 Å². The van der Waals surface area contributed by atoms with Crippen molar-refractivity contribution in [2.24, 2.45) is 5.73 Å². The van der Waals surface area contributed by atoms with Gasteiger partial charge in [-0.2, -0.15) is 0 Å². The van der Waals surface area contributed by atoms with Crippen LogP contribution in [0.3, 0.4) is 0 Å². The van der Waals surface area contributed by atoms with Crippen LogP contribution in [0.2, 0.25) is 0 Å². The van der Waals surface area contributed by atoms with Gasteiger partial charge in [-0.05, 0) is 36.0 Å². The summed E-state index contributed by atoms with van der Waals surface area (Å²) in [6, 6.07) is 8.11. The summed E-state index contributed by atoms with van der Waals surface area (Å²) in [5.41, 5.74) is 6.68. The molecule has 1 aromatic carbocycles. The highest BCUT2D eigenvalue weighted by molar-refractivity contribution is 5.90. The smallest absolute Gasteiger partial charge is 0.268 e. The zero-order chi connectivity index (χ0) is 18.4. The minimum atomic E-state index is -0.570. The van der Waals surface area contributed by atoms with Crippen LogP contribution >= 0.6 is 0 Å². The Hall–Kier alpha value is -2.34. The standard InChI is InChI=1S/C19H27N3O3/c1-19(2,3)14-6-4-8-16(10-14)25-9-5-7-15(23)11-22-12-17(18(20)24)21-13-22/h4,6,8,10,12-13,15,23H,5,7,9,11H2,1-3H3,(H2,20,24). The normalized spacial score (nSPS) is 12.8. The Morgan fingerprint density at radius 2 is 2.16 bits per heavy atom. The predicted molar refractivity (Wildman–Crippen MR) is 96.6 cm³/mol. The minimum absolute atomic E-state index is 0.0874. The fraction of sp³-hybridized carbons (Fsp3) is 0.474. The molecular weight excluding hydrogens is 318 g/mol. The summed E-state index contributed by atoms with van der Waals surface area (Å²) in [5.74, 6) is 0.279. The lowest BCUT2D eigenvalue weighted by atomic mass is 9.87. The molecule has 0 radical (unpaired) electrons. The average molecular weight is 345 g/mol. The number of aromatic nitrogens is 2.